The van der Waals surface area contributed by atoms with Crippen molar-refractivity contribution in [2.75, 3.05) is 13.1 Å². The van der Waals surface area contributed by atoms with E-state index in [4.69, 9.17) is 0 Å². The molecule has 0 aliphatic rings. The number of benzene rings is 2. The second-order valence-electron chi connectivity index (χ2n) is 10.3. The lowest BCUT2D eigenvalue weighted by atomic mass is 9.97. The highest BCUT2D eigenvalue weighted by Gasteiger charge is 2.20. The second kappa shape index (κ2) is 11.9. The number of rotatable bonds is 10. The van der Waals surface area contributed by atoms with Crippen LogP contribution in [0.1, 0.15) is 76.5 Å². The molecule has 8 nitrogen and oxygen atoms in total. The van der Waals surface area contributed by atoms with Gasteiger partial charge in [-0.1, -0.05) is 36.4 Å². The van der Waals surface area contributed by atoms with Gasteiger partial charge >= 0.3 is 0 Å². The Balaban J connectivity index is 1.34. The van der Waals surface area contributed by atoms with Crippen LogP contribution in [0, 0.1) is 27.7 Å². The van der Waals surface area contributed by atoms with Crippen LogP contribution in [0.4, 0.5) is 0 Å². The molecule has 0 bridgehead atoms. The quantitative estimate of drug-likeness (QED) is 0.160. The summed E-state index contributed by atoms with van der Waals surface area (Å²) in [6.45, 7) is 8.31. The molecule has 1 amide bonds. The number of hydrogen-bond acceptors (Lipinski definition) is 5. The summed E-state index contributed by atoms with van der Waals surface area (Å²) < 4.78 is 3.35. The van der Waals surface area contributed by atoms with E-state index in [0.29, 0.717) is 33.6 Å². The molecular weight excluding hydrogens is 504 g/mol. The average molecular weight is 541 g/mol. The zero-order valence-electron chi connectivity index (χ0n) is 23.8. The van der Waals surface area contributed by atoms with Crippen LogP contribution in [0.5, 0.6) is 0 Å². The lowest BCUT2D eigenvalue weighted by Gasteiger charge is -2.14. The highest BCUT2D eigenvalue weighted by molar-refractivity contribution is 6.11. The molecule has 0 saturated heterocycles. The van der Waals surface area contributed by atoms with Gasteiger partial charge in [0.2, 0.25) is 0 Å². The molecule has 4 aromatic rings. The summed E-state index contributed by atoms with van der Waals surface area (Å²) in [5, 5.41) is 16.5. The number of hydrogen-bond donors (Lipinski definition) is 3. The number of carbonyl (C=O) groups is 3. The molecule has 1 unspecified atom stereocenters. The Kier molecular flexibility index (Phi) is 8.52. The minimum absolute atomic E-state index is 0.0968. The SMILES string of the molecule is Cc1cccc(C(=O)c2cc(C(=O)NCCNC(O)c3cc(C(=O)c4cccc(C)c4C)cn3C)n(C)c2)c1C. The van der Waals surface area contributed by atoms with Gasteiger partial charge in [0.1, 0.15) is 11.9 Å². The van der Waals surface area contributed by atoms with Crippen molar-refractivity contribution in [2.24, 2.45) is 14.1 Å². The first-order valence-corrected chi connectivity index (χ1v) is 13.2. The van der Waals surface area contributed by atoms with Gasteiger partial charge in [-0.15, -0.1) is 0 Å². The highest BCUT2D eigenvalue weighted by atomic mass is 16.3. The molecule has 0 radical (unpaired) electrons. The van der Waals surface area contributed by atoms with Crippen molar-refractivity contribution in [1.29, 1.82) is 0 Å². The molecular formula is C32H36N4O4. The zero-order valence-corrected chi connectivity index (χ0v) is 23.8. The van der Waals surface area contributed by atoms with Gasteiger partial charge in [-0.3, -0.25) is 19.7 Å². The third kappa shape index (κ3) is 5.83. The Bertz CT molecular complexity index is 1590. The van der Waals surface area contributed by atoms with Crippen molar-refractivity contribution in [3.63, 3.8) is 0 Å². The largest absolute Gasteiger partial charge is 0.373 e. The summed E-state index contributed by atoms with van der Waals surface area (Å²) in [5.41, 5.74) is 7.05. The van der Waals surface area contributed by atoms with Gasteiger partial charge in [0.25, 0.3) is 5.91 Å². The van der Waals surface area contributed by atoms with E-state index in [-0.39, 0.29) is 30.6 Å². The van der Waals surface area contributed by atoms with Crippen LogP contribution in [0.3, 0.4) is 0 Å². The summed E-state index contributed by atoms with van der Waals surface area (Å²) in [5.74, 6) is -0.543. The van der Waals surface area contributed by atoms with Gasteiger partial charge in [-0.2, -0.15) is 0 Å². The van der Waals surface area contributed by atoms with Crippen LogP contribution in [0.2, 0.25) is 0 Å². The standard InChI is InChI=1S/C32H36N4O4/c1-19-9-7-11-25(21(19)3)29(37)23-15-27(35(5)17-23)31(39)33-13-14-34-32(40)28-16-24(18-36(28)6)30(38)26-12-8-10-20(2)22(26)4/h7-12,15-18,31,33,39H,13-14H2,1-6H3,(H,34,40). The van der Waals surface area contributed by atoms with Crippen LogP contribution >= 0.6 is 0 Å². The van der Waals surface area contributed by atoms with Gasteiger partial charge in [0.05, 0.1) is 5.69 Å². The predicted molar refractivity (Wildman–Crippen MR) is 155 cm³/mol. The summed E-state index contributed by atoms with van der Waals surface area (Å²) >= 11 is 0. The summed E-state index contributed by atoms with van der Waals surface area (Å²) in [7, 11) is 3.50. The average Bonchev–Trinajstić information content (AvgIpc) is 3.51. The van der Waals surface area contributed by atoms with Crippen molar-refractivity contribution in [2.45, 2.75) is 33.9 Å². The van der Waals surface area contributed by atoms with Crippen LogP contribution < -0.4 is 10.6 Å². The van der Waals surface area contributed by atoms with Gasteiger partial charge in [0.15, 0.2) is 11.6 Å². The van der Waals surface area contributed by atoms with Gasteiger partial charge in [-0.05, 0) is 62.1 Å². The van der Waals surface area contributed by atoms with E-state index < -0.39 is 6.23 Å². The molecule has 3 N–H and O–H groups in total. The van der Waals surface area contributed by atoms with E-state index in [1.54, 1.807) is 53.8 Å². The van der Waals surface area contributed by atoms with E-state index in [1.807, 2.05) is 58.0 Å². The lowest BCUT2D eigenvalue weighted by molar-refractivity contribution is 0.0936. The maximum absolute atomic E-state index is 13.1. The molecule has 208 valence electrons. The van der Waals surface area contributed by atoms with Gasteiger partial charge in [0, 0.05) is 61.8 Å². The minimum atomic E-state index is -1.03. The van der Waals surface area contributed by atoms with Crippen molar-refractivity contribution in [1.82, 2.24) is 19.8 Å². The number of aliphatic hydroxyl groups is 1. The molecule has 2 heterocycles. The van der Waals surface area contributed by atoms with Crippen LogP contribution in [-0.2, 0) is 14.1 Å². The van der Waals surface area contributed by atoms with Crippen LogP contribution in [0.15, 0.2) is 60.9 Å². The first kappa shape index (κ1) is 28.7. The highest BCUT2D eigenvalue weighted by Crippen LogP contribution is 2.21. The van der Waals surface area contributed by atoms with E-state index in [2.05, 4.69) is 10.6 Å². The lowest BCUT2D eigenvalue weighted by Crippen LogP contribution is -2.34. The Hall–Kier alpha value is -4.27. The first-order chi connectivity index (χ1) is 19.0. The van der Waals surface area contributed by atoms with Crippen LogP contribution in [-0.4, -0.2) is 44.8 Å². The molecule has 0 aliphatic carbocycles. The molecule has 40 heavy (non-hydrogen) atoms. The third-order valence-corrected chi connectivity index (χ3v) is 7.53. The predicted octanol–water partition coefficient (Wildman–Crippen LogP) is 4.07. The number of aromatic nitrogens is 2. The summed E-state index contributed by atoms with van der Waals surface area (Å²) in [6, 6.07) is 14.5. The van der Waals surface area contributed by atoms with Crippen LogP contribution in [0.25, 0.3) is 0 Å². The molecule has 0 spiro atoms. The van der Waals surface area contributed by atoms with Crippen molar-refractivity contribution >= 4 is 17.5 Å². The third-order valence-electron chi connectivity index (χ3n) is 7.53. The number of nitrogens with zero attached hydrogens (tertiary/aromatic N) is 2. The Morgan fingerprint density at radius 3 is 1.88 bits per heavy atom. The fourth-order valence-electron chi connectivity index (χ4n) is 4.78. The van der Waals surface area contributed by atoms with E-state index >= 15 is 0 Å². The molecule has 0 fully saturated rings. The fraction of sp³-hybridized carbons (Fsp3) is 0.281. The minimum Gasteiger partial charge on any atom is -0.373 e. The first-order valence-electron chi connectivity index (χ1n) is 13.2. The summed E-state index contributed by atoms with van der Waals surface area (Å²) in [4.78, 5) is 38.9. The number of ketones is 2. The Morgan fingerprint density at radius 1 is 0.775 bits per heavy atom. The van der Waals surface area contributed by atoms with E-state index in [0.717, 1.165) is 22.3 Å². The van der Waals surface area contributed by atoms with E-state index in [9.17, 15) is 19.5 Å². The molecule has 0 saturated carbocycles. The smallest absolute Gasteiger partial charge is 0.267 e. The molecule has 2 aromatic carbocycles. The normalized spacial score (nSPS) is 11.9. The van der Waals surface area contributed by atoms with Crippen molar-refractivity contribution in [3.05, 3.63) is 117 Å². The number of amides is 1. The number of aryl methyl sites for hydroxylation is 4. The monoisotopic (exact) mass is 540 g/mol. The Labute approximate surface area is 234 Å². The summed E-state index contributed by atoms with van der Waals surface area (Å²) in [6.07, 6.45) is 2.34. The molecule has 1 atom stereocenters. The molecule has 4 rings (SSSR count). The van der Waals surface area contributed by atoms with Crippen molar-refractivity contribution < 1.29 is 19.5 Å². The number of carbonyl (C=O) groups excluding carboxylic acids is 3. The second-order valence-corrected chi connectivity index (χ2v) is 10.3. The fourth-order valence-corrected chi connectivity index (χ4v) is 4.78. The van der Waals surface area contributed by atoms with E-state index in [1.165, 1.54) is 0 Å². The molecule has 0 aliphatic heterocycles. The van der Waals surface area contributed by atoms with Crippen molar-refractivity contribution in [3.8, 4) is 0 Å². The van der Waals surface area contributed by atoms with Gasteiger partial charge < -0.3 is 19.6 Å². The Morgan fingerprint density at radius 2 is 1.30 bits per heavy atom. The maximum atomic E-state index is 13.1. The molecule has 2 aromatic heterocycles. The maximum Gasteiger partial charge on any atom is 0.267 e. The molecule has 8 heteroatoms. The van der Waals surface area contributed by atoms with Gasteiger partial charge in [-0.25, -0.2) is 0 Å². The number of nitrogens with one attached hydrogen (secondary N) is 2. The topological polar surface area (TPSA) is 105 Å². The number of aliphatic hydroxyl groups excluding tert-OH is 1. The zero-order chi connectivity index (χ0) is 29.1.